The number of anilines is 1. The maximum absolute atomic E-state index is 14.1. The van der Waals surface area contributed by atoms with Crippen molar-refractivity contribution >= 4 is 22.9 Å². The zero-order chi connectivity index (χ0) is 21.1. The van der Waals surface area contributed by atoms with Crippen LogP contribution in [0.1, 0.15) is 34.4 Å². The van der Waals surface area contributed by atoms with E-state index in [1.165, 1.54) is 17.4 Å². The molecule has 0 bridgehead atoms. The van der Waals surface area contributed by atoms with Crippen LogP contribution in [0.4, 0.5) is 10.1 Å². The third kappa shape index (κ3) is 4.21. The van der Waals surface area contributed by atoms with Gasteiger partial charge in [-0.25, -0.2) is 9.37 Å². The first-order valence-electron chi connectivity index (χ1n) is 10.3. The third-order valence-electron chi connectivity index (χ3n) is 5.32. The Balaban J connectivity index is 1.47. The molecule has 1 aromatic carbocycles. The smallest absolute Gasteiger partial charge is 0.265 e. The van der Waals surface area contributed by atoms with Gasteiger partial charge >= 0.3 is 0 Å². The van der Waals surface area contributed by atoms with Gasteiger partial charge in [-0.05, 0) is 37.6 Å². The number of piperazine rings is 1. The van der Waals surface area contributed by atoms with E-state index in [1.54, 1.807) is 18.3 Å². The predicted octanol–water partition coefficient (Wildman–Crippen LogP) is 4.57. The van der Waals surface area contributed by atoms with E-state index in [4.69, 9.17) is 0 Å². The van der Waals surface area contributed by atoms with Crippen molar-refractivity contribution in [2.24, 2.45) is 0 Å². The highest BCUT2D eigenvalue weighted by Crippen LogP contribution is 2.30. The van der Waals surface area contributed by atoms with E-state index in [0.717, 1.165) is 34.8 Å². The van der Waals surface area contributed by atoms with Crippen LogP contribution < -0.4 is 4.90 Å². The minimum atomic E-state index is -0.222. The van der Waals surface area contributed by atoms with Gasteiger partial charge in [0.05, 0.1) is 11.4 Å². The lowest BCUT2D eigenvalue weighted by Gasteiger charge is -2.36. The molecular formula is C23H25FN4OS. The molecule has 1 aliphatic heterocycles. The number of amides is 1. The maximum atomic E-state index is 14.1. The fraction of sp³-hybridized carbons (Fsp3) is 0.348. The molecule has 7 heteroatoms. The zero-order valence-corrected chi connectivity index (χ0v) is 18.1. The van der Waals surface area contributed by atoms with Gasteiger partial charge < -0.3 is 9.80 Å². The first-order chi connectivity index (χ1) is 14.6. The summed E-state index contributed by atoms with van der Waals surface area (Å²) < 4.78 is 14.1. The Kier molecular flexibility index (Phi) is 6.08. The molecule has 1 amide bonds. The van der Waals surface area contributed by atoms with Crippen LogP contribution in [0.15, 0.2) is 42.6 Å². The van der Waals surface area contributed by atoms with Crippen LogP contribution in [0.5, 0.6) is 0 Å². The number of hydrogen-bond acceptors (Lipinski definition) is 5. The summed E-state index contributed by atoms with van der Waals surface area (Å²) in [5.74, 6) is -0.215. The van der Waals surface area contributed by atoms with E-state index in [2.05, 4.69) is 23.0 Å². The highest BCUT2D eigenvalue weighted by Gasteiger charge is 2.26. The molecule has 0 saturated carbocycles. The van der Waals surface area contributed by atoms with Crippen molar-refractivity contribution in [2.45, 2.75) is 26.7 Å². The Hall–Kier alpha value is -2.80. The summed E-state index contributed by atoms with van der Waals surface area (Å²) in [6.07, 6.45) is 3.77. The summed E-state index contributed by atoms with van der Waals surface area (Å²) in [4.78, 5) is 26.7. The zero-order valence-electron chi connectivity index (χ0n) is 17.3. The summed E-state index contributed by atoms with van der Waals surface area (Å²) >= 11 is 1.44. The lowest BCUT2D eigenvalue weighted by molar-refractivity contribution is 0.0750. The third-order valence-corrected chi connectivity index (χ3v) is 6.52. The molecule has 1 saturated heterocycles. The van der Waals surface area contributed by atoms with E-state index in [9.17, 15) is 9.18 Å². The first-order valence-corrected chi connectivity index (χ1v) is 11.1. The fourth-order valence-corrected chi connectivity index (χ4v) is 4.76. The monoisotopic (exact) mass is 424 g/mol. The molecule has 0 radical (unpaired) electrons. The molecule has 5 nitrogen and oxygen atoms in total. The lowest BCUT2D eigenvalue weighted by Crippen LogP contribution is -2.49. The molecule has 1 aliphatic rings. The number of aromatic nitrogens is 2. The van der Waals surface area contributed by atoms with Crippen LogP contribution in [-0.2, 0) is 6.42 Å². The van der Waals surface area contributed by atoms with Gasteiger partial charge in [0.15, 0.2) is 0 Å². The average Bonchev–Trinajstić information content (AvgIpc) is 3.16. The van der Waals surface area contributed by atoms with Crippen molar-refractivity contribution in [3.8, 4) is 10.6 Å². The number of rotatable bonds is 5. The fourth-order valence-electron chi connectivity index (χ4n) is 3.72. The summed E-state index contributed by atoms with van der Waals surface area (Å²) in [5.41, 5.74) is 3.40. The summed E-state index contributed by atoms with van der Waals surface area (Å²) in [6.45, 7) is 6.37. The van der Waals surface area contributed by atoms with Crippen LogP contribution in [0.3, 0.4) is 0 Å². The van der Waals surface area contributed by atoms with Gasteiger partial charge in [-0.15, -0.1) is 11.3 Å². The van der Waals surface area contributed by atoms with Gasteiger partial charge in [0.25, 0.3) is 5.91 Å². The van der Waals surface area contributed by atoms with E-state index in [0.29, 0.717) is 36.7 Å². The molecule has 0 unspecified atom stereocenters. The van der Waals surface area contributed by atoms with Crippen LogP contribution in [-0.4, -0.2) is 47.0 Å². The molecule has 156 valence electrons. The second-order valence-electron chi connectivity index (χ2n) is 7.45. The molecule has 2 aromatic heterocycles. The van der Waals surface area contributed by atoms with Crippen molar-refractivity contribution in [3.05, 3.63) is 64.7 Å². The SMILES string of the molecule is CCCc1cc(-c2nc(C)c(C(=O)N3CCN(c4ccccc4F)CC3)s2)ccn1. The minimum absolute atomic E-state index is 0.00673. The van der Waals surface area contributed by atoms with Gasteiger partial charge in [-0.1, -0.05) is 25.5 Å². The molecule has 30 heavy (non-hydrogen) atoms. The topological polar surface area (TPSA) is 49.3 Å². The number of aryl methyl sites for hydroxylation is 2. The molecule has 3 heterocycles. The Morgan fingerprint density at radius 2 is 1.93 bits per heavy atom. The van der Waals surface area contributed by atoms with Crippen LogP contribution >= 0.6 is 11.3 Å². The predicted molar refractivity (Wildman–Crippen MR) is 119 cm³/mol. The second kappa shape index (κ2) is 8.92. The van der Waals surface area contributed by atoms with Gasteiger partial charge in [-0.2, -0.15) is 0 Å². The molecule has 1 fully saturated rings. The van der Waals surface area contributed by atoms with Gasteiger partial charge in [0.1, 0.15) is 15.7 Å². The number of carbonyl (C=O) groups excluding carboxylic acids is 1. The lowest BCUT2D eigenvalue weighted by atomic mass is 10.2. The normalized spacial score (nSPS) is 14.2. The molecule has 0 atom stereocenters. The number of para-hydroxylation sites is 1. The first kappa shape index (κ1) is 20.5. The number of benzene rings is 1. The van der Waals surface area contributed by atoms with Gasteiger partial charge in [0.2, 0.25) is 0 Å². The van der Waals surface area contributed by atoms with Crippen molar-refractivity contribution in [3.63, 3.8) is 0 Å². The van der Waals surface area contributed by atoms with E-state index in [1.807, 2.05) is 28.9 Å². The largest absolute Gasteiger partial charge is 0.366 e. The quantitative estimate of drug-likeness (QED) is 0.602. The summed E-state index contributed by atoms with van der Waals surface area (Å²) in [6, 6.07) is 10.8. The Morgan fingerprint density at radius 3 is 2.67 bits per heavy atom. The highest BCUT2D eigenvalue weighted by atomic mass is 32.1. The Morgan fingerprint density at radius 1 is 1.17 bits per heavy atom. The average molecular weight is 425 g/mol. The van der Waals surface area contributed by atoms with Crippen LogP contribution in [0, 0.1) is 12.7 Å². The van der Waals surface area contributed by atoms with Crippen molar-refractivity contribution in [2.75, 3.05) is 31.1 Å². The minimum Gasteiger partial charge on any atom is -0.366 e. The van der Waals surface area contributed by atoms with E-state index < -0.39 is 0 Å². The summed E-state index contributed by atoms with van der Waals surface area (Å²) in [7, 11) is 0. The van der Waals surface area contributed by atoms with Crippen LogP contribution in [0.25, 0.3) is 10.6 Å². The number of pyridine rings is 1. The van der Waals surface area contributed by atoms with E-state index in [-0.39, 0.29) is 11.7 Å². The van der Waals surface area contributed by atoms with Crippen LogP contribution in [0.2, 0.25) is 0 Å². The number of thiazole rings is 1. The summed E-state index contributed by atoms with van der Waals surface area (Å²) in [5, 5.41) is 0.848. The second-order valence-corrected chi connectivity index (χ2v) is 8.45. The van der Waals surface area contributed by atoms with Crippen molar-refractivity contribution in [1.29, 1.82) is 0 Å². The Bertz CT molecular complexity index is 1040. The van der Waals surface area contributed by atoms with Crippen molar-refractivity contribution < 1.29 is 9.18 Å². The van der Waals surface area contributed by atoms with Gasteiger partial charge in [0, 0.05) is 43.6 Å². The maximum Gasteiger partial charge on any atom is 0.265 e. The number of carbonyl (C=O) groups is 1. The van der Waals surface area contributed by atoms with Crippen molar-refractivity contribution in [1.82, 2.24) is 14.9 Å². The molecule has 0 aliphatic carbocycles. The number of nitrogens with zero attached hydrogens (tertiary/aromatic N) is 4. The number of hydrogen-bond donors (Lipinski definition) is 0. The molecule has 0 spiro atoms. The molecular weight excluding hydrogens is 399 g/mol. The molecule has 3 aromatic rings. The standard InChI is InChI=1S/C23H25FN4OS/c1-3-6-18-15-17(9-10-25-18)22-26-16(2)21(30-22)23(29)28-13-11-27(12-14-28)20-8-5-4-7-19(20)24/h4-5,7-10,15H,3,6,11-14H2,1-2H3. The Labute approximate surface area is 180 Å². The molecule has 0 N–H and O–H groups in total. The van der Waals surface area contributed by atoms with Gasteiger partial charge in [-0.3, -0.25) is 9.78 Å². The number of halogens is 1. The highest BCUT2D eigenvalue weighted by molar-refractivity contribution is 7.17. The molecule has 4 rings (SSSR count). The van der Waals surface area contributed by atoms with E-state index >= 15 is 0 Å².